The van der Waals surface area contributed by atoms with Crippen LogP contribution in [0.1, 0.15) is 42.5 Å². The highest BCUT2D eigenvalue weighted by Crippen LogP contribution is 2.27. The predicted molar refractivity (Wildman–Crippen MR) is 91.7 cm³/mol. The van der Waals surface area contributed by atoms with Gasteiger partial charge < -0.3 is 5.32 Å². The van der Waals surface area contributed by atoms with E-state index in [4.69, 9.17) is 0 Å². The van der Waals surface area contributed by atoms with Crippen LogP contribution in [0.4, 0.5) is 0 Å². The second kappa shape index (κ2) is 7.05. The highest BCUT2D eigenvalue weighted by molar-refractivity contribution is 9.10. The summed E-state index contributed by atoms with van der Waals surface area (Å²) in [7, 11) is 0. The molecule has 1 heterocycles. The van der Waals surface area contributed by atoms with Crippen LogP contribution in [-0.2, 0) is 0 Å². The van der Waals surface area contributed by atoms with Crippen LogP contribution in [0, 0.1) is 0 Å². The second-order valence-corrected chi connectivity index (χ2v) is 6.60. The Morgan fingerprint density at radius 1 is 1.14 bits per heavy atom. The molecule has 0 bridgehead atoms. The number of carbonyl (C=O) groups is 1. The van der Waals surface area contributed by atoms with Gasteiger partial charge in [-0.15, -0.1) is 0 Å². The molecule has 0 unspecified atom stereocenters. The summed E-state index contributed by atoms with van der Waals surface area (Å²) in [6.07, 6.45) is 9.30. The Morgan fingerprint density at radius 2 is 1.91 bits per heavy atom. The van der Waals surface area contributed by atoms with Crippen molar-refractivity contribution in [1.82, 2.24) is 10.3 Å². The molecule has 22 heavy (non-hydrogen) atoms. The smallest absolute Gasteiger partial charge is 0.253 e. The fourth-order valence-corrected chi connectivity index (χ4v) is 3.44. The molecule has 1 fully saturated rings. The largest absolute Gasteiger partial charge is 0.349 e. The van der Waals surface area contributed by atoms with Gasteiger partial charge in [0.15, 0.2) is 0 Å². The topological polar surface area (TPSA) is 42.0 Å². The minimum atomic E-state index is -0.0201. The minimum Gasteiger partial charge on any atom is -0.349 e. The molecular weight excluding hydrogens is 340 g/mol. The molecule has 1 saturated carbocycles. The van der Waals surface area contributed by atoms with E-state index >= 15 is 0 Å². The van der Waals surface area contributed by atoms with E-state index in [1.54, 1.807) is 12.4 Å². The lowest BCUT2D eigenvalue weighted by Gasteiger charge is -2.22. The maximum atomic E-state index is 12.4. The molecule has 2 aromatic rings. The third-order valence-corrected chi connectivity index (χ3v) is 4.82. The first-order chi connectivity index (χ1) is 10.7. The summed E-state index contributed by atoms with van der Waals surface area (Å²) in [6.45, 7) is 0. The van der Waals surface area contributed by atoms with Gasteiger partial charge in [0.25, 0.3) is 5.91 Å². The summed E-state index contributed by atoms with van der Waals surface area (Å²) in [4.78, 5) is 16.7. The van der Waals surface area contributed by atoms with E-state index in [-0.39, 0.29) is 5.91 Å². The van der Waals surface area contributed by atoms with Crippen LogP contribution in [0.2, 0.25) is 0 Å². The quantitative estimate of drug-likeness (QED) is 0.872. The van der Waals surface area contributed by atoms with Crippen LogP contribution >= 0.6 is 15.9 Å². The number of pyridine rings is 1. The van der Waals surface area contributed by atoms with E-state index in [9.17, 15) is 4.79 Å². The van der Waals surface area contributed by atoms with E-state index < -0.39 is 0 Å². The van der Waals surface area contributed by atoms with Gasteiger partial charge in [0.05, 0.1) is 5.56 Å². The van der Waals surface area contributed by atoms with Gasteiger partial charge in [-0.2, -0.15) is 0 Å². The van der Waals surface area contributed by atoms with Crippen molar-refractivity contribution in [1.29, 1.82) is 0 Å². The van der Waals surface area contributed by atoms with Gasteiger partial charge in [-0.3, -0.25) is 9.78 Å². The molecular formula is C18H19BrN2O. The van der Waals surface area contributed by atoms with Gasteiger partial charge in [-0.1, -0.05) is 53.4 Å². The van der Waals surface area contributed by atoms with Crippen LogP contribution in [0.15, 0.2) is 47.2 Å². The number of rotatable bonds is 3. The third-order valence-electron chi connectivity index (χ3n) is 4.13. The monoisotopic (exact) mass is 358 g/mol. The van der Waals surface area contributed by atoms with Crippen molar-refractivity contribution in [3.63, 3.8) is 0 Å². The zero-order chi connectivity index (χ0) is 15.4. The fourth-order valence-electron chi connectivity index (χ4n) is 2.92. The van der Waals surface area contributed by atoms with E-state index in [0.29, 0.717) is 11.6 Å². The number of hydrogen-bond donors (Lipinski definition) is 1. The third kappa shape index (κ3) is 3.55. The zero-order valence-corrected chi connectivity index (χ0v) is 14.0. The van der Waals surface area contributed by atoms with Gasteiger partial charge in [0, 0.05) is 28.5 Å². The summed E-state index contributed by atoms with van der Waals surface area (Å²) in [5, 5.41) is 3.14. The first-order valence-electron chi connectivity index (χ1n) is 7.75. The van der Waals surface area contributed by atoms with E-state index in [0.717, 1.165) is 28.4 Å². The molecule has 1 aliphatic rings. The van der Waals surface area contributed by atoms with Gasteiger partial charge in [0.1, 0.15) is 0 Å². The molecule has 1 amide bonds. The van der Waals surface area contributed by atoms with Crippen molar-refractivity contribution >= 4 is 21.8 Å². The van der Waals surface area contributed by atoms with Crippen LogP contribution in [0.5, 0.6) is 0 Å². The number of carbonyl (C=O) groups excluding carboxylic acids is 1. The maximum absolute atomic E-state index is 12.4. The normalized spacial score (nSPS) is 15.5. The minimum absolute atomic E-state index is 0.0201. The van der Waals surface area contributed by atoms with Crippen molar-refractivity contribution < 1.29 is 4.79 Å². The summed E-state index contributed by atoms with van der Waals surface area (Å²) in [6, 6.07) is 10.2. The number of nitrogens with one attached hydrogen (secondary N) is 1. The SMILES string of the molecule is O=C(NC1CCCCC1)c1cncc(-c2ccccc2Br)c1. The first kappa shape index (κ1) is 15.2. The predicted octanol–water partition coefficient (Wildman–Crippen LogP) is 4.57. The van der Waals surface area contributed by atoms with Gasteiger partial charge in [-0.25, -0.2) is 0 Å². The maximum Gasteiger partial charge on any atom is 0.253 e. The fraction of sp³-hybridized carbons (Fsp3) is 0.333. The van der Waals surface area contributed by atoms with Crippen molar-refractivity contribution in [3.8, 4) is 11.1 Å². The second-order valence-electron chi connectivity index (χ2n) is 5.75. The zero-order valence-electron chi connectivity index (χ0n) is 12.4. The molecule has 1 aromatic heterocycles. The van der Waals surface area contributed by atoms with Gasteiger partial charge in [-0.05, 0) is 30.5 Å². The molecule has 1 N–H and O–H groups in total. The summed E-state index contributed by atoms with van der Waals surface area (Å²) in [5.41, 5.74) is 2.62. The summed E-state index contributed by atoms with van der Waals surface area (Å²) in [5.74, 6) is -0.0201. The molecule has 1 aliphatic carbocycles. The number of benzene rings is 1. The molecule has 114 valence electrons. The highest BCUT2D eigenvalue weighted by Gasteiger charge is 2.17. The Kier molecular flexibility index (Phi) is 4.88. The van der Waals surface area contributed by atoms with Crippen molar-refractivity contribution in [2.24, 2.45) is 0 Å². The van der Waals surface area contributed by atoms with Crippen LogP contribution in [0.25, 0.3) is 11.1 Å². The van der Waals surface area contributed by atoms with E-state index in [1.165, 1.54) is 19.3 Å². The van der Waals surface area contributed by atoms with E-state index in [2.05, 4.69) is 26.2 Å². The van der Waals surface area contributed by atoms with E-state index in [1.807, 2.05) is 30.3 Å². The Bertz CT molecular complexity index is 666. The molecule has 0 saturated heterocycles. The molecule has 0 aliphatic heterocycles. The molecule has 4 heteroatoms. The number of amides is 1. The summed E-state index contributed by atoms with van der Waals surface area (Å²) < 4.78 is 1.00. The van der Waals surface area contributed by atoms with Crippen LogP contribution in [0.3, 0.4) is 0 Å². The number of nitrogens with zero attached hydrogens (tertiary/aromatic N) is 1. The highest BCUT2D eigenvalue weighted by atomic mass is 79.9. The molecule has 0 spiro atoms. The molecule has 3 nitrogen and oxygen atoms in total. The van der Waals surface area contributed by atoms with Crippen molar-refractivity contribution in [2.45, 2.75) is 38.1 Å². The lowest BCUT2D eigenvalue weighted by Crippen LogP contribution is -2.36. The average Bonchev–Trinajstić information content (AvgIpc) is 2.56. The Balaban J connectivity index is 1.79. The van der Waals surface area contributed by atoms with Crippen molar-refractivity contribution in [3.05, 3.63) is 52.8 Å². The molecule has 0 atom stereocenters. The van der Waals surface area contributed by atoms with Crippen molar-refractivity contribution in [2.75, 3.05) is 0 Å². The Labute approximate surface area is 139 Å². The summed E-state index contributed by atoms with van der Waals surface area (Å²) >= 11 is 3.55. The number of hydrogen-bond acceptors (Lipinski definition) is 2. The number of aromatic nitrogens is 1. The average molecular weight is 359 g/mol. The lowest BCUT2D eigenvalue weighted by atomic mass is 9.95. The van der Waals surface area contributed by atoms with Gasteiger partial charge in [0.2, 0.25) is 0 Å². The standard InChI is InChI=1S/C18H19BrN2O/c19-17-9-5-4-8-16(17)13-10-14(12-20-11-13)18(22)21-15-6-2-1-3-7-15/h4-5,8-12,15H,1-3,6-7H2,(H,21,22). The molecule has 1 aromatic carbocycles. The Morgan fingerprint density at radius 3 is 2.68 bits per heavy atom. The lowest BCUT2D eigenvalue weighted by molar-refractivity contribution is 0.0927. The number of halogens is 1. The van der Waals surface area contributed by atoms with Gasteiger partial charge >= 0.3 is 0 Å². The van der Waals surface area contributed by atoms with Crippen LogP contribution < -0.4 is 5.32 Å². The Hall–Kier alpha value is -1.68. The molecule has 0 radical (unpaired) electrons. The molecule has 3 rings (SSSR count). The first-order valence-corrected chi connectivity index (χ1v) is 8.54. The van der Waals surface area contributed by atoms with Crippen LogP contribution in [-0.4, -0.2) is 16.9 Å².